The van der Waals surface area contributed by atoms with Gasteiger partial charge in [0.1, 0.15) is 17.6 Å². The van der Waals surface area contributed by atoms with Gasteiger partial charge in [0, 0.05) is 31.9 Å². The zero-order valence-electron chi connectivity index (χ0n) is 16.2. The number of hydrogen-bond donors (Lipinski definition) is 1. The Bertz CT molecular complexity index is 992. The maximum Gasteiger partial charge on any atom is 0.133 e. The highest BCUT2D eigenvalue weighted by Gasteiger charge is 2.24. The molecule has 1 aliphatic heterocycles. The third kappa shape index (κ3) is 3.41. The first-order chi connectivity index (χ1) is 13.7. The van der Waals surface area contributed by atoms with E-state index in [0.717, 1.165) is 32.0 Å². The average Bonchev–Trinajstić information content (AvgIpc) is 3.05. The maximum atomic E-state index is 9.64. The fraction of sp³-hybridized carbons (Fsp3) is 0.261. The summed E-state index contributed by atoms with van der Waals surface area (Å²) in [6, 6.07) is 22.9. The topological polar surface area (TPSA) is 61.2 Å². The van der Waals surface area contributed by atoms with Crippen molar-refractivity contribution in [3.8, 4) is 6.07 Å². The molecule has 0 bridgehead atoms. The smallest absolute Gasteiger partial charge is 0.133 e. The van der Waals surface area contributed by atoms with Crippen molar-refractivity contribution in [3.63, 3.8) is 0 Å². The minimum atomic E-state index is 0.612. The van der Waals surface area contributed by atoms with Gasteiger partial charge in [-0.15, -0.1) is 0 Å². The molecule has 1 aliphatic rings. The van der Waals surface area contributed by atoms with Gasteiger partial charge >= 0.3 is 0 Å². The van der Waals surface area contributed by atoms with Crippen LogP contribution < -0.4 is 15.5 Å². The summed E-state index contributed by atoms with van der Waals surface area (Å²) >= 11 is 0. The predicted molar refractivity (Wildman–Crippen MR) is 115 cm³/mol. The molecule has 0 amide bonds. The Kier molecular flexibility index (Phi) is 4.94. The summed E-state index contributed by atoms with van der Waals surface area (Å²) in [5, 5.41) is 9.64. The number of aromatic nitrogens is 1. The van der Waals surface area contributed by atoms with Crippen molar-refractivity contribution in [2.75, 3.05) is 41.7 Å². The molecule has 5 nitrogen and oxygen atoms in total. The number of piperazine rings is 1. The summed E-state index contributed by atoms with van der Waals surface area (Å²) < 4.78 is 2.07. The van der Waals surface area contributed by atoms with Crippen LogP contribution in [0.2, 0.25) is 0 Å². The zero-order chi connectivity index (χ0) is 19.5. The molecule has 0 spiro atoms. The SMILES string of the molecule is Cc1ccccc1Cn1c(C#N)cc(N)c1N1CCN(c2ccccc2)CC1. The van der Waals surface area contributed by atoms with Crippen LogP contribution in [-0.4, -0.2) is 30.7 Å². The van der Waals surface area contributed by atoms with E-state index in [1.165, 1.54) is 16.8 Å². The predicted octanol–water partition coefficient (Wildman–Crippen LogP) is 3.63. The molecule has 0 saturated carbocycles. The Balaban J connectivity index is 1.59. The number of nitriles is 1. The molecular formula is C23H25N5. The van der Waals surface area contributed by atoms with Gasteiger partial charge in [0.25, 0.3) is 0 Å². The number of rotatable bonds is 4. The van der Waals surface area contributed by atoms with Crippen LogP contribution in [-0.2, 0) is 6.54 Å². The Hall–Kier alpha value is -3.39. The Morgan fingerprint density at radius 3 is 2.25 bits per heavy atom. The summed E-state index contributed by atoms with van der Waals surface area (Å²) in [4.78, 5) is 4.71. The van der Waals surface area contributed by atoms with Crippen LogP contribution in [0.4, 0.5) is 17.2 Å². The van der Waals surface area contributed by atoms with Gasteiger partial charge < -0.3 is 20.1 Å². The number of nitrogens with two attached hydrogens (primary N) is 1. The van der Waals surface area contributed by atoms with Crippen molar-refractivity contribution < 1.29 is 0 Å². The quantitative estimate of drug-likeness (QED) is 0.761. The molecule has 142 valence electrons. The highest BCUT2D eigenvalue weighted by Crippen LogP contribution is 2.31. The number of benzene rings is 2. The van der Waals surface area contributed by atoms with E-state index in [4.69, 9.17) is 5.73 Å². The van der Waals surface area contributed by atoms with Gasteiger partial charge in [0.15, 0.2) is 0 Å². The second-order valence-corrected chi connectivity index (χ2v) is 7.24. The van der Waals surface area contributed by atoms with Crippen LogP contribution in [0.5, 0.6) is 0 Å². The van der Waals surface area contributed by atoms with Crippen LogP contribution >= 0.6 is 0 Å². The minimum absolute atomic E-state index is 0.612. The van der Waals surface area contributed by atoms with Crippen molar-refractivity contribution in [1.82, 2.24) is 4.57 Å². The molecule has 1 fully saturated rings. The summed E-state index contributed by atoms with van der Waals surface area (Å²) in [6.45, 7) is 6.37. The van der Waals surface area contributed by atoms with E-state index in [2.05, 4.69) is 63.8 Å². The lowest BCUT2D eigenvalue weighted by Crippen LogP contribution is -2.47. The molecule has 0 atom stereocenters. The monoisotopic (exact) mass is 371 g/mol. The van der Waals surface area contributed by atoms with E-state index in [0.29, 0.717) is 17.9 Å². The van der Waals surface area contributed by atoms with Crippen LogP contribution in [0.25, 0.3) is 0 Å². The zero-order valence-corrected chi connectivity index (χ0v) is 16.2. The lowest BCUT2D eigenvalue weighted by molar-refractivity contribution is 0.629. The van der Waals surface area contributed by atoms with Crippen LogP contribution in [0.3, 0.4) is 0 Å². The summed E-state index contributed by atoms with van der Waals surface area (Å²) in [5.74, 6) is 0.965. The van der Waals surface area contributed by atoms with E-state index < -0.39 is 0 Å². The molecule has 3 aromatic rings. The molecule has 4 rings (SSSR count). The van der Waals surface area contributed by atoms with Gasteiger partial charge in [0.2, 0.25) is 0 Å². The normalized spacial score (nSPS) is 14.1. The first-order valence-electron chi connectivity index (χ1n) is 9.66. The van der Waals surface area contributed by atoms with Gasteiger partial charge in [-0.2, -0.15) is 5.26 Å². The van der Waals surface area contributed by atoms with Gasteiger partial charge in [-0.25, -0.2) is 0 Å². The number of para-hydroxylation sites is 1. The summed E-state index contributed by atoms with van der Waals surface area (Å²) in [5.41, 5.74) is 11.3. The molecule has 2 heterocycles. The molecule has 0 unspecified atom stereocenters. The number of aryl methyl sites for hydroxylation is 1. The molecule has 28 heavy (non-hydrogen) atoms. The molecule has 1 aromatic heterocycles. The first kappa shape index (κ1) is 18.0. The van der Waals surface area contributed by atoms with Crippen molar-refractivity contribution in [2.24, 2.45) is 0 Å². The second kappa shape index (κ2) is 7.69. The molecule has 0 aliphatic carbocycles. The van der Waals surface area contributed by atoms with Crippen LogP contribution in [0, 0.1) is 18.3 Å². The van der Waals surface area contributed by atoms with E-state index in [9.17, 15) is 5.26 Å². The van der Waals surface area contributed by atoms with Crippen molar-refractivity contribution in [2.45, 2.75) is 13.5 Å². The third-order valence-corrected chi connectivity index (χ3v) is 5.50. The number of anilines is 3. The molecule has 2 aromatic carbocycles. The molecule has 1 saturated heterocycles. The van der Waals surface area contributed by atoms with Gasteiger partial charge in [-0.3, -0.25) is 0 Å². The average molecular weight is 371 g/mol. The number of nitrogen functional groups attached to an aromatic ring is 1. The van der Waals surface area contributed by atoms with Crippen molar-refractivity contribution in [3.05, 3.63) is 77.5 Å². The first-order valence-corrected chi connectivity index (χ1v) is 9.66. The Morgan fingerprint density at radius 2 is 1.57 bits per heavy atom. The Morgan fingerprint density at radius 1 is 0.929 bits per heavy atom. The minimum Gasteiger partial charge on any atom is -0.396 e. The lowest BCUT2D eigenvalue weighted by atomic mass is 10.1. The van der Waals surface area contributed by atoms with Gasteiger partial charge in [0.05, 0.1) is 12.2 Å². The fourth-order valence-corrected chi connectivity index (χ4v) is 3.94. The third-order valence-electron chi connectivity index (χ3n) is 5.50. The molecule has 2 N–H and O–H groups in total. The lowest BCUT2D eigenvalue weighted by Gasteiger charge is -2.38. The summed E-state index contributed by atoms with van der Waals surface area (Å²) in [6.07, 6.45) is 0. The standard InChI is InChI=1S/C23H25N5/c1-18-7-5-6-8-19(18)17-28-21(16-24)15-22(25)23(28)27-13-11-26(12-14-27)20-9-3-2-4-10-20/h2-10,15H,11-14,17,25H2,1H3. The maximum absolute atomic E-state index is 9.64. The number of hydrogen-bond acceptors (Lipinski definition) is 4. The molecular weight excluding hydrogens is 346 g/mol. The molecule has 5 heteroatoms. The van der Waals surface area contributed by atoms with Crippen LogP contribution in [0.1, 0.15) is 16.8 Å². The van der Waals surface area contributed by atoms with E-state index in [1.54, 1.807) is 6.07 Å². The summed E-state index contributed by atoms with van der Waals surface area (Å²) in [7, 11) is 0. The van der Waals surface area contributed by atoms with E-state index >= 15 is 0 Å². The molecule has 0 radical (unpaired) electrons. The van der Waals surface area contributed by atoms with Crippen LogP contribution in [0.15, 0.2) is 60.7 Å². The fourth-order valence-electron chi connectivity index (χ4n) is 3.94. The van der Waals surface area contributed by atoms with Gasteiger partial charge in [-0.05, 0) is 36.2 Å². The largest absolute Gasteiger partial charge is 0.396 e. The highest BCUT2D eigenvalue weighted by atomic mass is 15.3. The van der Waals surface area contributed by atoms with Crippen molar-refractivity contribution in [1.29, 1.82) is 5.26 Å². The van der Waals surface area contributed by atoms with Gasteiger partial charge in [-0.1, -0.05) is 42.5 Å². The Labute approximate surface area is 166 Å². The van der Waals surface area contributed by atoms with E-state index in [-0.39, 0.29) is 0 Å². The highest BCUT2D eigenvalue weighted by molar-refractivity contribution is 5.69. The van der Waals surface area contributed by atoms with E-state index in [1.807, 2.05) is 18.2 Å². The second-order valence-electron chi connectivity index (χ2n) is 7.24. The number of nitrogens with zero attached hydrogens (tertiary/aromatic N) is 4. The van der Waals surface area contributed by atoms with Crippen molar-refractivity contribution >= 4 is 17.2 Å².